The van der Waals surface area contributed by atoms with Crippen LogP contribution in [0, 0.1) is 0 Å². The number of urea groups is 1. The van der Waals surface area contributed by atoms with Gasteiger partial charge in [0.2, 0.25) is 0 Å². The zero-order chi connectivity index (χ0) is 16.2. The van der Waals surface area contributed by atoms with E-state index >= 15 is 0 Å². The summed E-state index contributed by atoms with van der Waals surface area (Å²) < 4.78 is 11.4. The monoisotopic (exact) mass is 333 g/mol. The molecule has 1 aromatic carbocycles. The molecule has 0 radical (unpaired) electrons. The van der Waals surface area contributed by atoms with Crippen LogP contribution in [0.3, 0.4) is 0 Å². The summed E-state index contributed by atoms with van der Waals surface area (Å²) in [7, 11) is -0.993. The maximum Gasteiger partial charge on any atom is 0.321 e. The highest BCUT2D eigenvalue weighted by molar-refractivity contribution is 7.84. The maximum absolute atomic E-state index is 12.3. The molecule has 124 valence electrons. The minimum absolute atomic E-state index is 0.0478. The highest BCUT2D eigenvalue weighted by Crippen LogP contribution is 2.20. The molecule has 1 saturated heterocycles. The summed E-state index contributed by atoms with van der Waals surface area (Å²) in [6.07, 6.45) is 8.14. The summed E-state index contributed by atoms with van der Waals surface area (Å²) in [6, 6.07) is 7.73. The first-order valence-corrected chi connectivity index (χ1v) is 9.58. The number of benzene rings is 1. The quantitative estimate of drug-likeness (QED) is 0.864. The fourth-order valence-electron chi connectivity index (χ4n) is 3.16. The molecule has 6 heteroatoms. The van der Waals surface area contributed by atoms with E-state index in [1.54, 1.807) is 30.5 Å². The molecule has 3 rings (SSSR count). The van der Waals surface area contributed by atoms with Gasteiger partial charge in [-0.1, -0.05) is 12.2 Å². The molecule has 0 saturated carbocycles. The van der Waals surface area contributed by atoms with Gasteiger partial charge in [0.05, 0.1) is 0 Å². The molecule has 2 aliphatic rings. The van der Waals surface area contributed by atoms with E-state index in [2.05, 4.69) is 22.4 Å². The van der Waals surface area contributed by atoms with E-state index in [0.29, 0.717) is 6.04 Å². The molecular weight excluding hydrogens is 310 g/mol. The molecule has 0 spiro atoms. The first-order valence-electron chi connectivity index (χ1n) is 8.02. The molecule has 0 aromatic heterocycles. The summed E-state index contributed by atoms with van der Waals surface area (Å²) in [5, 5.41) is 2.92. The minimum atomic E-state index is -0.993. The van der Waals surface area contributed by atoms with Gasteiger partial charge >= 0.3 is 6.03 Å². The minimum Gasteiger partial charge on any atom is -0.324 e. The number of amides is 2. The van der Waals surface area contributed by atoms with Crippen molar-refractivity contribution in [3.8, 4) is 0 Å². The van der Waals surface area contributed by atoms with Crippen LogP contribution < -0.4 is 5.32 Å². The Balaban J connectivity index is 1.50. The first kappa shape index (κ1) is 16.2. The topological polar surface area (TPSA) is 52.7 Å². The van der Waals surface area contributed by atoms with Crippen molar-refractivity contribution in [1.29, 1.82) is 0 Å². The van der Waals surface area contributed by atoms with E-state index in [0.717, 1.165) is 49.6 Å². The van der Waals surface area contributed by atoms with Gasteiger partial charge in [0, 0.05) is 59.9 Å². The van der Waals surface area contributed by atoms with Crippen LogP contribution in [0.5, 0.6) is 0 Å². The predicted octanol–water partition coefficient (Wildman–Crippen LogP) is 2.29. The molecule has 1 atom stereocenters. The number of likely N-dealkylation sites (tertiary alicyclic amines) is 1. The molecule has 2 heterocycles. The molecule has 1 N–H and O–H groups in total. The number of hydrogen-bond acceptors (Lipinski definition) is 3. The number of nitrogens with one attached hydrogen (secondary N) is 1. The zero-order valence-electron chi connectivity index (χ0n) is 13.4. The Bertz CT molecular complexity index is 599. The molecule has 5 nitrogen and oxygen atoms in total. The van der Waals surface area contributed by atoms with Gasteiger partial charge in [0.1, 0.15) is 0 Å². The Labute approximate surface area is 139 Å². The van der Waals surface area contributed by atoms with Crippen LogP contribution in [-0.4, -0.2) is 58.5 Å². The van der Waals surface area contributed by atoms with E-state index < -0.39 is 10.8 Å². The summed E-state index contributed by atoms with van der Waals surface area (Å²) in [5.41, 5.74) is 0.745. The molecule has 2 aliphatic heterocycles. The van der Waals surface area contributed by atoms with E-state index in [1.165, 1.54) is 0 Å². The van der Waals surface area contributed by atoms with E-state index in [1.807, 2.05) is 4.90 Å². The molecule has 0 bridgehead atoms. The average Bonchev–Trinajstić information content (AvgIpc) is 3.10. The van der Waals surface area contributed by atoms with Crippen LogP contribution in [0.1, 0.15) is 12.8 Å². The van der Waals surface area contributed by atoms with Crippen molar-refractivity contribution in [2.45, 2.75) is 23.8 Å². The maximum atomic E-state index is 12.3. The fraction of sp³-hybridized carbons (Fsp3) is 0.471. The summed E-state index contributed by atoms with van der Waals surface area (Å²) in [4.78, 5) is 17.5. The Morgan fingerprint density at radius 3 is 2.30 bits per heavy atom. The van der Waals surface area contributed by atoms with E-state index in [9.17, 15) is 9.00 Å². The van der Waals surface area contributed by atoms with Gasteiger partial charge in [0.25, 0.3) is 0 Å². The van der Waals surface area contributed by atoms with Gasteiger partial charge in [-0.15, -0.1) is 0 Å². The molecule has 23 heavy (non-hydrogen) atoms. The first-order chi connectivity index (χ1) is 11.1. The summed E-state index contributed by atoms with van der Waals surface area (Å²) in [5.74, 6) is 0. The van der Waals surface area contributed by atoms with Crippen molar-refractivity contribution in [3.05, 3.63) is 36.4 Å². The third kappa shape index (κ3) is 4.00. The Kier molecular flexibility index (Phi) is 5.13. The van der Waals surface area contributed by atoms with Crippen molar-refractivity contribution in [2.75, 3.05) is 37.8 Å². The van der Waals surface area contributed by atoms with Crippen molar-refractivity contribution < 1.29 is 9.00 Å². The van der Waals surface area contributed by atoms with Crippen LogP contribution >= 0.6 is 0 Å². The van der Waals surface area contributed by atoms with Crippen LogP contribution in [0.2, 0.25) is 0 Å². The summed E-state index contributed by atoms with van der Waals surface area (Å²) >= 11 is 0. The summed E-state index contributed by atoms with van der Waals surface area (Å²) in [6.45, 7) is 3.68. The molecule has 0 unspecified atom stereocenters. The van der Waals surface area contributed by atoms with Gasteiger partial charge in [-0.3, -0.25) is 9.11 Å². The molecular formula is C17H23N3O2S. The third-order valence-electron chi connectivity index (χ3n) is 4.55. The number of hydrogen-bond donors (Lipinski definition) is 1. The van der Waals surface area contributed by atoms with Crippen LogP contribution in [0.15, 0.2) is 41.3 Å². The van der Waals surface area contributed by atoms with Crippen molar-refractivity contribution in [1.82, 2.24) is 9.80 Å². The second-order valence-electron chi connectivity index (χ2n) is 6.05. The zero-order valence-corrected chi connectivity index (χ0v) is 14.2. The van der Waals surface area contributed by atoms with E-state index in [-0.39, 0.29) is 6.03 Å². The van der Waals surface area contributed by atoms with Gasteiger partial charge in [0.15, 0.2) is 0 Å². The lowest BCUT2D eigenvalue weighted by molar-refractivity contribution is 0.144. The number of carbonyl (C=O) groups is 1. The average molecular weight is 333 g/mol. The number of nitrogens with zero attached hydrogens (tertiary/aromatic N) is 2. The van der Waals surface area contributed by atoms with Gasteiger partial charge in [-0.05, 0) is 37.1 Å². The molecule has 2 amide bonds. The Hall–Kier alpha value is -1.66. The molecule has 1 fully saturated rings. The van der Waals surface area contributed by atoms with E-state index in [4.69, 9.17) is 0 Å². The fourth-order valence-corrected chi connectivity index (χ4v) is 3.68. The number of carbonyl (C=O) groups excluding carboxylic acids is 1. The molecule has 1 aromatic rings. The van der Waals surface area contributed by atoms with Crippen LogP contribution in [0.25, 0.3) is 0 Å². The largest absolute Gasteiger partial charge is 0.324 e. The lowest BCUT2D eigenvalue weighted by Gasteiger charge is -2.36. The Morgan fingerprint density at radius 2 is 1.74 bits per heavy atom. The smallest absolute Gasteiger partial charge is 0.321 e. The van der Waals surface area contributed by atoms with Gasteiger partial charge in [-0.2, -0.15) is 0 Å². The second-order valence-corrected chi connectivity index (χ2v) is 7.43. The van der Waals surface area contributed by atoms with Crippen molar-refractivity contribution >= 4 is 22.5 Å². The standard InChI is InChI=1S/C17H23N3O2S/c1-23(22)16-6-4-14(5-7-16)18-17(21)20-12-8-15(9-13-20)19-10-2-3-11-19/h2-7,15H,8-13H2,1H3,(H,18,21)/t23-/m0/s1. The third-order valence-corrected chi connectivity index (χ3v) is 5.49. The number of rotatable bonds is 3. The van der Waals surface area contributed by atoms with Crippen LogP contribution in [0.4, 0.5) is 10.5 Å². The van der Waals surface area contributed by atoms with Gasteiger partial charge < -0.3 is 10.2 Å². The van der Waals surface area contributed by atoms with Crippen molar-refractivity contribution in [2.24, 2.45) is 0 Å². The number of anilines is 1. The SMILES string of the molecule is C[S@](=O)c1ccc(NC(=O)N2CCC(N3CC=CC3)CC2)cc1. The van der Waals surface area contributed by atoms with Crippen LogP contribution in [-0.2, 0) is 10.8 Å². The second kappa shape index (κ2) is 7.27. The van der Waals surface area contributed by atoms with Crippen molar-refractivity contribution in [3.63, 3.8) is 0 Å². The predicted molar refractivity (Wildman–Crippen MR) is 93.1 cm³/mol. The normalized spacial score (nSPS) is 20.7. The highest BCUT2D eigenvalue weighted by atomic mass is 32.2. The molecule has 0 aliphatic carbocycles. The highest BCUT2D eigenvalue weighted by Gasteiger charge is 2.27. The Morgan fingerprint density at radius 1 is 1.13 bits per heavy atom. The number of piperidine rings is 1. The lowest BCUT2D eigenvalue weighted by atomic mass is 10.0. The van der Waals surface area contributed by atoms with Gasteiger partial charge in [-0.25, -0.2) is 4.79 Å². The lowest BCUT2D eigenvalue weighted by Crippen LogP contribution is -2.47.